The molecule has 0 spiro atoms. The molecular weight excluding hydrogens is 382 g/mol. The van der Waals surface area contributed by atoms with Gasteiger partial charge in [-0.2, -0.15) is 5.26 Å². The number of carbonyl (C=O) groups is 2. The second-order valence-corrected chi connectivity index (χ2v) is 8.27. The number of rotatable bonds is 5. The van der Waals surface area contributed by atoms with Gasteiger partial charge < -0.3 is 14.8 Å². The Morgan fingerprint density at radius 2 is 1.60 bits per heavy atom. The van der Waals surface area contributed by atoms with Gasteiger partial charge in [-0.1, -0.05) is 0 Å². The van der Waals surface area contributed by atoms with Gasteiger partial charge in [0.05, 0.1) is 6.54 Å². The standard InChI is InChI=1S/C22H31N5O3/c1-16-18(17(2)24-22(30)19(16)14-23)6-7-20(28)27-12-10-25(11-13-27)15-21(29)26-8-4-3-5-9-26/h3-13,15H2,1-2H3,(H,24,30). The summed E-state index contributed by atoms with van der Waals surface area (Å²) in [6.07, 6.45) is 4.23. The average Bonchev–Trinajstić information content (AvgIpc) is 2.74. The highest BCUT2D eigenvalue weighted by Crippen LogP contribution is 2.16. The van der Waals surface area contributed by atoms with Gasteiger partial charge in [-0.3, -0.25) is 19.3 Å². The first-order valence-corrected chi connectivity index (χ1v) is 10.8. The Morgan fingerprint density at radius 1 is 0.967 bits per heavy atom. The lowest BCUT2D eigenvalue weighted by molar-refractivity contribution is -0.135. The summed E-state index contributed by atoms with van der Waals surface area (Å²) in [7, 11) is 0. The van der Waals surface area contributed by atoms with E-state index < -0.39 is 0 Å². The molecule has 0 radical (unpaired) electrons. The van der Waals surface area contributed by atoms with E-state index in [0.717, 1.165) is 31.5 Å². The monoisotopic (exact) mass is 413 g/mol. The molecule has 30 heavy (non-hydrogen) atoms. The zero-order valence-corrected chi connectivity index (χ0v) is 18.0. The highest BCUT2D eigenvalue weighted by molar-refractivity contribution is 5.79. The summed E-state index contributed by atoms with van der Waals surface area (Å²) in [6, 6.07) is 1.95. The van der Waals surface area contributed by atoms with Crippen molar-refractivity contribution < 1.29 is 9.59 Å². The van der Waals surface area contributed by atoms with Crippen LogP contribution in [0.5, 0.6) is 0 Å². The third-order valence-electron chi connectivity index (χ3n) is 6.30. The molecule has 0 bridgehead atoms. The van der Waals surface area contributed by atoms with Crippen LogP contribution >= 0.6 is 0 Å². The van der Waals surface area contributed by atoms with Gasteiger partial charge in [0, 0.05) is 51.4 Å². The van der Waals surface area contributed by atoms with Crippen molar-refractivity contribution in [2.45, 2.75) is 46.0 Å². The first-order valence-electron chi connectivity index (χ1n) is 10.8. The fourth-order valence-corrected chi connectivity index (χ4v) is 4.40. The molecule has 3 rings (SSSR count). The van der Waals surface area contributed by atoms with Crippen molar-refractivity contribution >= 4 is 11.8 Å². The Hall–Kier alpha value is -2.66. The first-order chi connectivity index (χ1) is 14.4. The van der Waals surface area contributed by atoms with Crippen LogP contribution in [0.2, 0.25) is 0 Å². The molecule has 8 nitrogen and oxygen atoms in total. The van der Waals surface area contributed by atoms with Crippen molar-refractivity contribution in [2.24, 2.45) is 0 Å². The predicted octanol–water partition coefficient (Wildman–Crippen LogP) is 0.953. The van der Waals surface area contributed by atoms with Crippen molar-refractivity contribution in [1.29, 1.82) is 5.26 Å². The van der Waals surface area contributed by atoms with E-state index in [1.54, 1.807) is 13.8 Å². The van der Waals surface area contributed by atoms with E-state index >= 15 is 0 Å². The number of amides is 2. The van der Waals surface area contributed by atoms with Crippen molar-refractivity contribution in [3.63, 3.8) is 0 Å². The summed E-state index contributed by atoms with van der Waals surface area (Å²) in [5.41, 5.74) is 1.98. The summed E-state index contributed by atoms with van der Waals surface area (Å²) >= 11 is 0. The first kappa shape index (κ1) is 22.0. The highest BCUT2D eigenvalue weighted by Gasteiger charge is 2.25. The number of aromatic amines is 1. The Morgan fingerprint density at radius 3 is 2.23 bits per heavy atom. The number of piperidine rings is 1. The zero-order chi connectivity index (χ0) is 21.7. The molecule has 2 aliphatic rings. The molecule has 2 fully saturated rings. The van der Waals surface area contributed by atoms with E-state index in [2.05, 4.69) is 9.88 Å². The Bertz CT molecular complexity index is 887. The Balaban J connectivity index is 1.49. The van der Waals surface area contributed by atoms with Gasteiger partial charge in [0.15, 0.2) is 0 Å². The van der Waals surface area contributed by atoms with Gasteiger partial charge in [-0.05, 0) is 50.7 Å². The predicted molar refractivity (Wildman–Crippen MR) is 113 cm³/mol. The molecule has 1 aromatic heterocycles. The summed E-state index contributed by atoms with van der Waals surface area (Å²) < 4.78 is 0. The smallest absolute Gasteiger partial charge is 0.266 e. The fraction of sp³-hybridized carbons (Fsp3) is 0.636. The highest BCUT2D eigenvalue weighted by atomic mass is 16.2. The van der Waals surface area contributed by atoms with Gasteiger partial charge >= 0.3 is 0 Å². The number of aromatic nitrogens is 1. The van der Waals surface area contributed by atoms with Crippen molar-refractivity contribution in [3.8, 4) is 6.07 Å². The molecular formula is C22H31N5O3. The van der Waals surface area contributed by atoms with E-state index in [-0.39, 0.29) is 22.9 Å². The van der Waals surface area contributed by atoms with E-state index in [4.69, 9.17) is 0 Å². The second-order valence-electron chi connectivity index (χ2n) is 8.27. The molecule has 0 aromatic carbocycles. The van der Waals surface area contributed by atoms with E-state index in [1.165, 1.54) is 6.42 Å². The van der Waals surface area contributed by atoms with Crippen LogP contribution in [0.4, 0.5) is 0 Å². The van der Waals surface area contributed by atoms with Crippen LogP contribution in [-0.2, 0) is 16.0 Å². The quantitative estimate of drug-likeness (QED) is 0.775. The number of piperazine rings is 1. The molecule has 162 valence electrons. The van der Waals surface area contributed by atoms with Gasteiger partial charge in [0.1, 0.15) is 11.6 Å². The maximum atomic E-state index is 12.7. The lowest BCUT2D eigenvalue weighted by atomic mass is 9.99. The molecule has 2 saturated heterocycles. The number of hydrogen-bond donors (Lipinski definition) is 1. The van der Waals surface area contributed by atoms with Crippen LogP contribution in [-0.4, -0.2) is 77.3 Å². The van der Waals surface area contributed by atoms with Crippen LogP contribution in [0.3, 0.4) is 0 Å². The van der Waals surface area contributed by atoms with Gasteiger partial charge in [-0.15, -0.1) is 0 Å². The number of hydrogen-bond acceptors (Lipinski definition) is 5. The molecule has 8 heteroatoms. The molecule has 1 N–H and O–H groups in total. The van der Waals surface area contributed by atoms with Crippen molar-refractivity contribution in [1.82, 2.24) is 19.7 Å². The summed E-state index contributed by atoms with van der Waals surface area (Å²) in [5.74, 6) is 0.271. The molecule has 1 aromatic rings. The van der Waals surface area contributed by atoms with Crippen LogP contribution < -0.4 is 5.56 Å². The number of nitriles is 1. The van der Waals surface area contributed by atoms with Gasteiger partial charge in [0.2, 0.25) is 11.8 Å². The van der Waals surface area contributed by atoms with Crippen molar-refractivity contribution in [2.75, 3.05) is 45.8 Å². The summed E-state index contributed by atoms with van der Waals surface area (Å²) in [6.45, 7) is 8.41. The third kappa shape index (κ3) is 5.08. The summed E-state index contributed by atoms with van der Waals surface area (Å²) in [5, 5.41) is 9.19. The third-order valence-corrected chi connectivity index (χ3v) is 6.30. The van der Waals surface area contributed by atoms with E-state index in [9.17, 15) is 19.6 Å². The van der Waals surface area contributed by atoms with Crippen LogP contribution in [0, 0.1) is 25.2 Å². The van der Waals surface area contributed by atoms with Gasteiger partial charge in [0.25, 0.3) is 5.56 Å². The number of likely N-dealkylation sites (tertiary alicyclic amines) is 1. The molecule has 0 unspecified atom stereocenters. The lowest BCUT2D eigenvalue weighted by Crippen LogP contribution is -2.52. The molecule has 3 heterocycles. The van der Waals surface area contributed by atoms with Crippen LogP contribution in [0.25, 0.3) is 0 Å². The van der Waals surface area contributed by atoms with E-state index in [0.29, 0.717) is 56.8 Å². The molecule has 0 saturated carbocycles. The number of H-pyrrole nitrogens is 1. The van der Waals surface area contributed by atoms with E-state index in [1.807, 2.05) is 15.9 Å². The minimum absolute atomic E-state index is 0.0699. The SMILES string of the molecule is Cc1[nH]c(=O)c(C#N)c(C)c1CCC(=O)N1CCN(CC(=O)N2CCCCC2)CC1. The fourth-order valence-electron chi connectivity index (χ4n) is 4.40. The minimum atomic E-state index is -0.377. The normalized spacial score (nSPS) is 17.6. The average molecular weight is 414 g/mol. The number of nitrogens with one attached hydrogen (secondary N) is 1. The molecule has 2 amide bonds. The zero-order valence-electron chi connectivity index (χ0n) is 18.0. The second kappa shape index (κ2) is 9.90. The number of aryl methyl sites for hydroxylation is 1. The minimum Gasteiger partial charge on any atom is -0.342 e. The van der Waals surface area contributed by atoms with Crippen LogP contribution in [0.15, 0.2) is 4.79 Å². The molecule has 0 atom stereocenters. The summed E-state index contributed by atoms with van der Waals surface area (Å²) in [4.78, 5) is 45.6. The topological polar surface area (TPSA) is 101 Å². The lowest BCUT2D eigenvalue weighted by Gasteiger charge is -2.36. The number of carbonyl (C=O) groups excluding carboxylic acids is 2. The number of nitrogens with zero attached hydrogens (tertiary/aromatic N) is 4. The largest absolute Gasteiger partial charge is 0.342 e. The number of pyridine rings is 1. The molecule has 0 aliphatic carbocycles. The van der Waals surface area contributed by atoms with Crippen LogP contribution in [0.1, 0.15) is 48.1 Å². The Kier molecular flexibility index (Phi) is 7.27. The van der Waals surface area contributed by atoms with Crippen molar-refractivity contribution in [3.05, 3.63) is 32.7 Å². The maximum Gasteiger partial charge on any atom is 0.266 e. The van der Waals surface area contributed by atoms with Gasteiger partial charge in [-0.25, -0.2) is 0 Å². The Labute approximate surface area is 177 Å². The maximum absolute atomic E-state index is 12.7. The molecule has 2 aliphatic heterocycles.